The Hall–Kier alpha value is -0.830. The third-order valence-electron chi connectivity index (χ3n) is 2.02. The number of alkyl halides is 1. The molecule has 0 spiro atoms. The van der Waals surface area contributed by atoms with Crippen LogP contribution in [0.2, 0.25) is 0 Å². The average molecular weight is 202 g/mol. The van der Waals surface area contributed by atoms with Gasteiger partial charge in [0.15, 0.2) is 0 Å². The number of halogens is 2. The van der Waals surface area contributed by atoms with Gasteiger partial charge in [-0.15, -0.1) is 11.6 Å². The zero-order valence-corrected chi connectivity index (χ0v) is 7.67. The van der Waals surface area contributed by atoms with Crippen molar-refractivity contribution in [3.05, 3.63) is 24.3 Å². The fourth-order valence-electron chi connectivity index (χ4n) is 1.25. The summed E-state index contributed by atoms with van der Waals surface area (Å²) in [6, 6.07) is 1.33. The lowest BCUT2D eigenvalue weighted by Crippen LogP contribution is -2.34. The largest absolute Gasteiger partial charge is 0.489 e. The third-order valence-corrected chi connectivity index (χ3v) is 2.38. The molecule has 0 saturated heterocycles. The molecule has 0 amide bonds. The standard InChI is InChI=1S/C9H9ClFNO/c10-6-1-8(2-6)13-9-3-7(11)4-12-5-9/h3-6,8H,1-2H2. The van der Waals surface area contributed by atoms with Crippen LogP contribution in [0.5, 0.6) is 5.75 Å². The smallest absolute Gasteiger partial charge is 0.145 e. The van der Waals surface area contributed by atoms with Crippen molar-refractivity contribution in [1.82, 2.24) is 4.98 Å². The van der Waals surface area contributed by atoms with E-state index in [1.807, 2.05) is 0 Å². The minimum absolute atomic E-state index is 0.131. The highest BCUT2D eigenvalue weighted by Gasteiger charge is 2.28. The summed E-state index contributed by atoms with van der Waals surface area (Å²) in [5.74, 6) is 0.104. The van der Waals surface area contributed by atoms with Crippen molar-refractivity contribution >= 4 is 11.6 Å². The highest BCUT2D eigenvalue weighted by Crippen LogP contribution is 2.29. The predicted octanol–water partition coefficient (Wildman–Crippen LogP) is 2.37. The molecule has 1 fully saturated rings. The second kappa shape index (κ2) is 3.50. The van der Waals surface area contributed by atoms with Crippen molar-refractivity contribution in [2.24, 2.45) is 0 Å². The average Bonchev–Trinajstić information content (AvgIpc) is 2.01. The maximum atomic E-state index is 12.6. The van der Waals surface area contributed by atoms with Crippen molar-refractivity contribution in [3.8, 4) is 5.75 Å². The molecule has 70 valence electrons. The van der Waals surface area contributed by atoms with E-state index in [1.165, 1.54) is 12.3 Å². The number of ether oxygens (including phenoxy) is 1. The molecule has 0 N–H and O–H groups in total. The molecule has 1 saturated carbocycles. The first-order valence-corrected chi connectivity index (χ1v) is 4.59. The summed E-state index contributed by atoms with van der Waals surface area (Å²) in [6.45, 7) is 0. The van der Waals surface area contributed by atoms with Crippen molar-refractivity contribution in [1.29, 1.82) is 0 Å². The second-order valence-electron chi connectivity index (χ2n) is 3.15. The molecule has 1 aliphatic rings. The lowest BCUT2D eigenvalue weighted by molar-refractivity contribution is 0.123. The van der Waals surface area contributed by atoms with Gasteiger partial charge in [-0.25, -0.2) is 4.39 Å². The van der Waals surface area contributed by atoms with Gasteiger partial charge in [0.2, 0.25) is 0 Å². The van der Waals surface area contributed by atoms with E-state index >= 15 is 0 Å². The number of pyridine rings is 1. The molecule has 2 nitrogen and oxygen atoms in total. The Morgan fingerprint density at radius 1 is 1.46 bits per heavy atom. The highest BCUT2D eigenvalue weighted by atomic mass is 35.5. The van der Waals surface area contributed by atoms with Crippen LogP contribution in [0, 0.1) is 5.82 Å². The van der Waals surface area contributed by atoms with E-state index in [4.69, 9.17) is 16.3 Å². The summed E-state index contributed by atoms with van der Waals surface area (Å²) >= 11 is 5.77. The monoisotopic (exact) mass is 201 g/mol. The maximum Gasteiger partial charge on any atom is 0.145 e. The number of aromatic nitrogens is 1. The minimum atomic E-state index is -0.376. The van der Waals surface area contributed by atoms with Gasteiger partial charge in [0, 0.05) is 24.3 Å². The Labute approximate surface area is 80.7 Å². The van der Waals surface area contributed by atoms with Crippen LogP contribution in [0.15, 0.2) is 18.5 Å². The Kier molecular flexibility index (Phi) is 2.36. The summed E-state index contributed by atoms with van der Waals surface area (Å²) in [7, 11) is 0. The molecule has 1 aliphatic carbocycles. The van der Waals surface area contributed by atoms with Crippen molar-refractivity contribution in [2.75, 3.05) is 0 Å². The molecule has 0 unspecified atom stereocenters. The van der Waals surface area contributed by atoms with Crippen LogP contribution in [0.4, 0.5) is 4.39 Å². The van der Waals surface area contributed by atoms with Crippen LogP contribution < -0.4 is 4.74 Å². The number of rotatable bonds is 2. The summed E-state index contributed by atoms with van der Waals surface area (Å²) < 4.78 is 18.1. The molecular formula is C9H9ClFNO. The van der Waals surface area contributed by atoms with Gasteiger partial charge in [0.25, 0.3) is 0 Å². The Balaban J connectivity index is 1.94. The molecule has 0 radical (unpaired) electrons. The van der Waals surface area contributed by atoms with Gasteiger partial charge in [-0.1, -0.05) is 0 Å². The summed E-state index contributed by atoms with van der Waals surface area (Å²) in [4.78, 5) is 3.68. The number of hydrogen-bond donors (Lipinski definition) is 0. The molecule has 13 heavy (non-hydrogen) atoms. The van der Waals surface area contributed by atoms with Crippen LogP contribution >= 0.6 is 11.6 Å². The van der Waals surface area contributed by atoms with Gasteiger partial charge in [-0.05, 0) is 0 Å². The van der Waals surface area contributed by atoms with Crippen molar-refractivity contribution in [3.63, 3.8) is 0 Å². The molecule has 2 rings (SSSR count). The van der Waals surface area contributed by atoms with Gasteiger partial charge in [-0.3, -0.25) is 4.98 Å². The lowest BCUT2D eigenvalue weighted by atomic mass is 9.95. The first kappa shape index (κ1) is 8.75. The molecule has 4 heteroatoms. The zero-order chi connectivity index (χ0) is 9.26. The van der Waals surface area contributed by atoms with Crippen LogP contribution in [0.1, 0.15) is 12.8 Å². The molecule has 0 atom stereocenters. The second-order valence-corrected chi connectivity index (χ2v) is 3.76. The Bertz CT molecular complexity index is 301. The van der Waals surface area contributed by atoms with E-state index in [2.05, 4.69) is 4.98 Å². The summed E-state index contributed by atoms with van der Waals surface area (Å²) in [5, 5.41) is 0.214. The fourth-order valence-corrected chi connectivity index (χ4v) is 1.64. The van der Waals surface area contributed by atoms with Gasteiger partial charge in [0.05, 0.1) is 12.4 Å². The third kappa shape index (κ3) is 2.10. The number of hydrogen-bond acceptors (Lipinski definition) is 2. The normalized spacial score (nSPS) is 26.6. The first-order valence-electron chi connectivity index (χ1n) is 4.15. The molecule has 0 aromatic carbocycles. The van der Waals surface area contributed by atoms with Crippen molar-refractivity contribution < 1.29 is 9.13 Å². The lowest BCUT2D eigenvalue weighted by Gasteiger charge is -2.30. The van der Waals surface area contributed by atoms with Crippen molar-refractivity contribution in [2.45, 2.75) is 24.3 Å². The first-order chi connectivity index (χ1) is 6.24. The fraction of sp³-hybridized carbons (Fsp3) is 0.444. The highest BCUT2D eigenvalue weighted by molar-refractivity contribution is 6.21. The molecule has 1 aromatic rings. The van der Waals surface area contributed by atoms with Gasteiger partial charge >= 0.3 is 0 Å². The van der Waals surface area contributed by atoms with E-state index in [0.29, 0.717) is 5.75 Å². The molecular weight excluding hydrogens is 193 g/mol. The minimum Gasteiger partial charge on any atom is -0.489 e. The number of nitrogens with zero attached hydrogens (tertiary/aromatic N) is 1. The quantitative estimate of drug-likeness (QED) is 0.686. The molecule has 1 aromatic heterocycles. The predicted molar refractivity (Wildman–Crippen MR) is 47.5 cm³/mol. The molecule has 0 bridgehead atoms. The van der Waals surface area contributed by atoms with E-state index in [-0.39, 0.29) is 17.3 Å². The van der Waals surface area contributed by atoms with Crippen LogP contribution in [-0.2, 0) is 0 Å². The van der Waals surface area contributed by atoms with Gasteiger partial charge in [0.1, 0.15) is 17.7 Å². The van der Waals surface area contributed by atoms with Crippen LogP contribution in [-0.4, -0.2) is 16.5 Å². The summed E-state index contributed by atoms with van der Waals surface area (Å²) in [5.41, 5.74) is 0. The Morgan fingerprint density at radius 2 is 2.23 bits per heavy atom. The van der Waals surface area contributed by atoms with E-state index in [1.54, 1.807) is 0 Å². The van der Waals surface area contributed by atoms with Crippen LogP contribution in [0.25, 0.3) is 0 Å². The van der Waals surface area contributed by atoms with E-state index < -0.39 is 0 Å². The topological polar surface area (TPSA) is 22.1 Å². The van der Waals surface area contributed by atoms with Gasteiger partial charge < -0.3 is 4.74 Å². The summed E-state index contributed by atoms with van der Waals surface area (Å²) in [6.07, 6.45) is 4.45. The maximum absolute atomic E-state index is 12.6. The van der Waals surface area contributed by atoms with Crippen LogP contribution in [0.3, 0.4) is 0 Å². The SMILES string of the molecule is Fc1cncc(OC2CC(Cl)C2)c1. The Morgan fingerprint density at radius 3 is 2.85 bits per heavy atom. The molecule has 0 aliphatic heterocycles. The van der Waals surface area contributed by atoms with Gasteiger partial charge in [-0.2, -0.15) is 0 Å². The van der Waals surface area contributed by atoms with E-state index in [0.717, 1.165) is 19.0 Å². The van der Waals surface area contributed by atoms with E-state index in [9.17, 15) is 4.39 Å². The zero-order valence-electron chi connectivity index (χ0n) is 6.91. The molecule has 1 heterocycles.